The summed E-state index contributed by atoms with van der Waals surface area (Å²) in [6, 6.07) is 12.4. The summed E-state index contributed by atoms with van der Waals surface area (Å²) >= 11 is 0. The van der Waals surface area contributed by atoms with Crippen molar-refractivity contribution in [3.05, 3.63) is 65.1 Å². The third kappa shape index (κ3) is 2.52. The van der Waals surface area contributed by atoms with Crippen LogP contribution in [0.3, 0.4) is 0 Å². The van der Waals surface area contributed by atoms with Gasteiger partial charge in [-0.15, -0.1) is 0 Å². The highest BCUT2D eigenvalue weighted by Crippen LogP contribution is 2.49. The first kappa shape index (κ1) is 18.2. The number of rotatable bonds is 2. The molecule has 0 radical (unpaired) electrons. The van der Waals surface area contributed by atoms with Crippen LogP contribution >= 0.6 is 0 Å². The highest BCUT2D eigenvalue weighted by molar-refractivity contribution is 6.01. The number of carbonyl (C=O) groups excluding carboxylic acids is 1. The van der Waals surface area contributed by atoms with Gasteiger partial charge in [-0.1, -0.05) is 18.2 Å². The van der Waals surface area contributed by atoms with Crippen LogP contribution in [0, 0.1) is 18.2 Å². The molecule has 1 N–H and O–H groups in total. The summed E-state index contributed by atoms with van der Waals surface area (Å²) in [5.74, 6) is 0.438. The van der Waals surface area contributed by atoms with E-state index in [-0.39, 0.29) is 24.2 Å². The Kier molecular flexibility index (Phi) is 3.96. The normalized spacial score (nSPS) is 23.0. The molecule has 0 aliphatic carbocycles. The van der Waals surface area contributed by atoms with E-state index in [1.165, 1.54) is 12.1 Å². The summed E-state index contributed by atoms with van der Waals surface area (Å²) < 4.78 is 21.5. The van der Waals surface area contributed by atoms with E-state index in [4.69, 9.17) is 4.74 Å². The lowest BCUT2D eigenvalue weighted by atomic mass is 9.74. The zero-order valence-corrected chi connectivity index (χ0v) is 16.5. The standard InChI is InChI=1S/C23H23FN2O3/c1-14-17-9-15(24)7-8-19(17)25(2)21(14)22(28)26-10-18-16-5-3-4-6-20(16)29-13-23(18,11-26)12-27/h3-9,18,27H,10-13H2,1-2H3. The number of ether oxygens (including phenoxy) is 1. The molecular formula is C23H23FN2O3. The van der Waals surface area contributed by atoms with E-state index in [2.05, 4.69) is 0 Å². The molecule has 2 unspecified atom stereocenters. The van der Waals surface area contributed by atoms with E-state index in [9.17, 15) is 14.3 Å². The summed E-state index contributed by atoms with van der Waals surface area (Å²) in [5.41, 5.74) is 2.70. The van der Waals surface area contributed by atoms with Crippen molar-refractivity contribution in [3.8, 4) is 5.75 Å². The molecule has 1 aromatic heterocycles. The number of hydrogen-bond donors (Lipinski definition) is 1. The maximum atomic E-state index is 13.8. The van der Waals surface area contributed by atoms with Crippen LogP contribution < -0.4 is 4.74 Å². The molecule has 1 amide bonds. The van der Waals surface area contributed by atoms with E-state index in [0.717, 1.165) is 27.8 Å². The second-order valence-electron chi connectivity index (χ2n) is 8.28. The van der Waals surface area contributed by atoms with Crippen LogP contribution in [-0.2, 0) is 7.05 Å². The molecule has 29 heavy (non-hydrogen) atoms. The topological polar surface area (TPSA) is 54.7 Å². The molecule has 0 spiro atoms. The average molecular weight is 394 g/mol. The maximum absolute atomic E-state index is 13.8. The molecule has 0 bridgehead atoms. The lowest BCUT2D eigenvalue weighted by Crippen LogP contribution is -2.42. The van der Waals surface area contributed by atoms with Gasteiger partial charge in [0.1, 0.15) is 17.3 Å². The first-order valence-electron chi connectivity index (χ1n) is 9.81. The fourth-order valence-electron chi connectivity index (χ4n) is 5.08. The van der Waals surface area contributed by atoms with Gasteiger partial charge in [-0.05, 0) is 42.3 Å². The minimum absolute atomic E-state index is 0.0221. The summed E-state index contributed by atoms with van der Waals surface area (Å²) in [7, 11) is 1.84. The molecule has 5 nitrogen and oxygen atoms in total. The van der Waals surface area contributed by atoms with Crippen molar-refractivity contribution in [3.63, 3.8) is 0 Å². The minimum Gasteiger partial charge on any atom is -0.493 e. The van der Waals surface area contributed by atoms with Crippen LogP contribution in [0.2, 0.25) is 0 Å². The Morgan fingerprint density at radius 3 is 2.90 bits per heavy atom. The summed E-state index contributed by atoms with van der Waals surface area (Å²) in [4.78, 5) is 15.4. The number of amides is 1. The van der Waals surface area contributed by atoms with Gasteiger partial charge >= 0.3 is 0 Å². The number of aryl methyl sites for hydroxylation is 2. The molecule has 2 aliphatic rings. The third-order valence-corrected chi connectivity index (χ3v) is 6.68. The van der Waals surface area contributed by atoms with Crippen LogP contribution in [0.15, 0.2) is 42.5 Å². The van der Waals surface area contributed by atoms with Crippen LogP contribution in [0.4, 0.5) is 4.39 Å². The smallest absolute Gasteiger partial charge is 0.270 e. The SMILES string of the molecule is Cc1c(C(=O)N2CC3c4ccccc4OCC3(CO)C2)n(C)c2ccc(F)cc12. The predicted octanol–water partition coefficient (Wildman–Crippen LogP) is 3.24. The molecule has 1 fully saturated rings. The molecule has 3 aromatic rings. The quantitative estimate of drug-likeness (QED) is 0.726. The monoisotopic (exact) mass is 394 g/mol. The Labute approximate surface area is 168 Å². The molecule has 5 rings (SSSR count). The second-order valence-corrected chi connectivity index (χ2v) is 8.28. The van der Waals surface area contributed by atoms with Crippen LogP contribution in [0.1, 0.15) is 27.5 Å². The van der Waals surface area contributed by atoms with Crippen molar-refractivity contribution in [2.75, 3.05) is 26.3 Å². The molecule has 3 heterocycles. The number of carbonyl (C=O) groups is 1. The number of aliphatic hydroxyl groups excluding tert-OH is 1. The van der Waals surface area contributed by atoms with Gasteiger partial charge in [0.15, 0.2) is 0 Å². The summed E-state index contributed by atoms with van der Waals surface area (Å²) in [6.07, 6.45) is 0. The van der Waals surface area contributed by atoms with Crippen molar-refractivity contribution in [1.82, 2.24) is 9.47 Å². The van der Waals surface area contributed by atoms with Gasteiger partial charge in [0.2, 0.25) is 0 Å². The first-order chi connectivity index (χ1) is 13.9. The molecule has 150 valence electrons. The predicted molar refractivity (Wildman–Crippen MR) is 108 cm³/mol. The summed E-state index contributed by atoms with van der Waals surface area (Å²) in [5, 5.41) is 11.0. The molecular weight excluding hydrogens is 371 g/mol. The number of nitrogens with zero attached hydrogens (tertiary/aromatic N) is 2. The molecule has 2 aliphatic heterocycles. The zero-order chi connectivity index (χ0) is 20.3. The number of halogens is 1. The average Bonchev–Trinajstić information content (AvgIpc) is 3.24. The molecule has 2 atom stereocenters. The van der Waals surface area contributed by atoms with Crippen molar-refractivity contribution in [2.45, 2.75) is 12.8 Å². The number of para-hydroxylation sites is 1. The fraction of sp³-hybridized carbons (Fsp3) is 0.348. The van der Waals surface area contributed by atoms with E-state index in [1.807, 2.05) is 47.7 Å². The number of likely N-dealkylation sites (tertiary alicyclic amines) is 1. The van der Waals surface area contributed by atoms with E-state index in [0.29, 0.717) is 25.4 Å². The number of aliphatic hydroxyl groups is 1. The van der Waals surface area contributed by atoms with E-state index >= 15 is 0 Å². The lowest BCUT2D eigenvalue weighted by molar-refractivity contribution is 0.0438. The first-order valence-corrected chi connectivity index (χ1v) is 9.81. The molecule has 2 aromatic carbocycles. The minimum atomic E-state index is -0.505. The lowest BCUT2D eigenvalue weighted by Gasteiger charge is -2.37. The van der Waals surface area contributed by atoms with Crippen molar-refractivity contribution >= 4 is 16.8 Å². The van der Waals surface area contributed by atoms with Gasteiger partial charge in [-0.2, -0.15) is 0 Å². The van der Waals surface area contributed by atoms with Gasteiger partial charge in [0.25, 0.3) is 5.91 Å². The molecule has 1 saturated heterocycles. The van der Waals surface area contributed by atoms with Gasteiger partial charge in [0, 0.05) is 37.0 Å². The Morgan fingerprint density at radius 1 is 1.31 bits per heavy atom. The molecule has 6 heteroatoms. The van der Waals surface area contributed by atoms with Gasteiger partial charge in [-0.3, -0.25) is 4.79 Å². The van der Waals surface area contributed by atoms with Crippen molar-refractivity contribution in [1.29, 1.82) is 0 Å². The number of aromatic nitrogens is 1. The number of hydrogen-bond acceptors (Lipinski definition) is 3. The Morgan fingerprint density at radius 2 is 2.10 bits per heavy atom. The largest absolute Gasteiger partial charge is 0.493 e. The van der Waals surface area contributed by atoms with Gasteiger partial charge in [-0.25, -0.2) is 4.39 Å². The number of fused-ring (bicyclic) bond motifs is 4. The fourth-order valence-corrected chi connectivity index (χ4v) is 5.08. The second kappa shape index (κ2) is 6.32. The Hall–Kier alpha value is -2.86. The third-order valence-electron chi connectivity index (χ3n) is 6.68. The van der Waals surface area contributed by atoms with E-state index < -0.39 is 5.41 Å². The van der Waals surface area contributed by atoms with Crippen LogP contribution in [0.5, 0.6) is 5.75 Å². The zero-order valence-electron chi connectivity index (χ0n) is 16.5. The van der Waals surface area contributed by atoms with Gasteiger partial charge in [0.05, 0.1) is 18.6 Å². The van der Waals surface area contributed by atoms with Crippen molar-refractivity contribution < 1.29 is 19.0 Å². The molecule has 0 saturated carbocycles. The summed E-state index contributed by atoms with van der Waals surface area (Å²) in [6.45, 7) is 3.15. The van der Waals surface area contributed by atoms with Gasteiger partial charge < -0.3 is 19.3 Å². The van der Waals surface area contributed by atoms with Crippen LogP contribution in [0.25, 0.3) is 10.9 Å². The highest BCUT2D eigenvalue weighted by Gasteiger charge is 2.52. The van der Waals surface area contributed by atoms with Crippen LogP contribution in [-0.4, -0.2) is 46.8 Å². The van der Waals surface area contributed by atoms with E-state index in [1.54, 1.807) is 6.07 Å². The van der Waals surface area contributed by atoms with Crippen molar-refractivity contribution in [2.24, 2.45) is 12.5 Å². The highest BCUT2D eigenvalue weighted by atomic mass is 19.1. The Bertz CT molecular complexity index is 1140. The Balaban J connectivity index is 1.55. The maximum Gasteiger partial charge on any atom is 0.270 e. The number of benzene rings is 2.